The summed E-state index contributed by atoms with van der Waals surface area (Å²) in [5.74, 6) is -0.244. The van der Waals surface area contributed by atoms with Crippen LogP contribution in [0.1, 0.15) is 30.1 Å². The summed E-state index contributed by atoms with van der Waals surface area (Å²) < 4.78 is 0. The molecule has 68 valence electrons. The van der Waals surface area contributed by atoms with E-state index in [9.17, 15) is 9.59 Å². The smallest absolute Gasteiger partial charge is 0.148 e. The van der Waals surface area contributed by atoms with Gasteiger partial charge in [0.2, 0.25) is 0 Å². The van der Waals surface area contributed by atoms with E-state index in [1.807, 2.05) is 17.5 Å². The highest BCUT2D eigenvalue weighted by Gasteiger charge is 2.31. The average Bonchev–Trinajstić information content (AvgIpc) is 2.57. The molecule has 13 heavy (non-hydrogen) atoms. The van der Waals surface area contributed by atoms with Crippen LogP contribution in [-0.4, -0.2) is 11.6 Å². The minimum Gasteiger partial charge on any atom is -0.298 e. The summed E-state index contributed by atoms with van der Waals surface area (Å²) in [4.78, 5) is 23.9. The van der Waals surface area contributed by atoms with Gasteiger partial charge in [0, 0.05) is 17.7 Å². The Kier molecular flexibility index (Phi) is 2.27. The molecule has 0 aliphatic heterocycles. The van der Waals surface area contributed by atoms with Crippen LogP contribution in [0.3, 0.4) is 0 Å². The summed E-state index contributed by atoms with van der Waals surface area (Å²) in [7, 11) is 0. The Bertz CT molecular complexity index is 311. The monoisotopic (exact) mass is 194 g/mol. The van der Waals surface area contributed by atoms with Crippen LogP contribution >= 0.6 is 11.3 Å². The highest BCUT2D eigenvalue weighted by Crippen LogP contribution is 2.29. The zero-order valence-corrected chi connectivity index (χ0v) is 7.97. The molecule has 1 heterocycles. The van der Waals surface area contributed by atoms with Crippen LogP contribution in [0.5, 0.6) is 0 Å². The molecule has 2 rings (SSSR count). The molecule has 0 bridgehead atoms. The highest BCUT2D eigenvalue weighted by molar-refractivity contribution is 7.10. The quantitative estimate of drug-likeness (QED) is 0.642. The average molecular weight is 194 g/mol. The van der Waals surface area contributed by atoms with Gasteiger partial charge in [-0.3, -0.25) is 9.59 Å². The molecule has 1 fully saturated rings. The zero-order chi connectivity index (χ0) is 9.26. The molecule has 0 saturated heterocycles. The summed E-state index contributed by atoms with van der Waals surface area (Å²) in [5, 5.41) is 1.91. The van der Waals surface area contributed by atoms with Gasteiger partial charge in [0.1, 0.15) is 17.5 Å². The van der Waals surface area contributed by atoms with Crippen molar-refractivity contribution in [2.45, 2.75) is 25.2 Å². The van der Waals surface area contributed by atoms with Crippen LogP contribution < -0.4 is 0 Å². The second-order valence-corrected chi connectivity index (χ2v) is 4.21. The van der Waals surface area contributed by atoms with Crippen molar-refractivity contribution in [1.82, 2.24) is 0 Å². The normalized spacial score (nSPS) is 19.4. The third-order valence-electron chi connectivity index (χ3n) is 2.32. The Hall–Kier alpha value is -0.960. The third-order valence-corrected chi connectivity index (χ3v) is 3.26. The summed E-state index contributed by atoms with van der Waals surface area (Å²) >= 11 is 1.50. The largest absolute Gasteiger partial charge is 0.298 e. The Morgan fingerprint density at radius 1 is 1.23 bits per heavy atom. The van der Waals surface area contributed by atoms with Gasteiger partial charge in [-0.15, -0.1) is 11.3 Å². The summed E-state index contributed by atoms with van der Waals surface area (Å²) in [6.45, 7) is 0. The molecule has 3 heteroatoms. The number of rotatable bonds is 1. The maximum absolute atomic E-state index is 11.5. The second-order valence-electron chi connectivity index (χ2n) is 3.23. The lowest BCUT2D eigenvalue weighted by Gasteiger charge is -2.17. The van der Waals surface area contributed by atoms with Crippen molar-refractivity contribution < 1.29 is 9.59 Å². The van der Waals surface area contributed by atoms with E-state index in [0.717, 1.165) is 11.3 Å². The summed E-state index contributed by atoms with van der Waals surface area (Å²) in [6, 6.07) is 3.76. The lowest BCUT2D eigenvalue weighted by atomic mass is 9.86. The number of Topliss-reactive ketones (excluding diaryl/α,β-unsaturated/α-hetero) is 2. The molecular weight excluding hydrogens is 184 g/mol. The number of hydrogen-bond acceptors (Lipinski definition) is 3. The molecule has 0 amide bonds. The van der Waals surface area contributed by atoms with Crippen LogP contribution in [0.15, 0.2) is 17.5 Å². The predicted molar refractivity (Wildman–Crippen MR) is 50.9 cm³/mol. The Labute approximate surface area is 80.6 Å². The fourth-order valence-corrected chi connectivity index (χ4v) is 2.55. The van der Waals surface area contributed by atoms with Crippen molar-refractivity contribution >= 4 is 22.9 Å². The summed E-state index contributed by atoms with van der Waals surface area (Å²) in [6.07, 6.45) is 1.86. The molecule has 0 spiro atoms. The first-order valence-electron chi connectivity index (χ1n) is 4.38. The van der Waals surface area contributed by atoms with E-state index in [-0.39, 0.29) is 11.6 Å². The molecule has 2 nitrogen and oxygen atoms in total. The van der Waals surface area contributed by atoms with E-state index >= 15 is 0 Å². The maximum atomic E-state index is 11.5. The van der Waals surface area contributed by atoms with Gasteiger partial charge in [0.15, 0.2) is 0 Å². The lowest BCUT2D eigenvalue weighted by molar-refractivity contribution is -0.131. The van der Waals surface area contributed by atoms with E-state index in [0.29, 0.717) is 12.8 Å². The van der Waals surface area contributed by atoms with Crippen molar-refractivity contribution in [3.05, 3.63) is 22.4 Å². The first kappa shape index (κ1) is 8.63. The molecule has 1 saturated carbocycles. The Balaban J connectivity index is 2.29. The lowest BCUT2D eigenvalue weighted by Crippen LogP contribution is -2.25. The van der Waals surface area contributed by atoms with Crippen LogP contribution in [0.2, 0.25) is 0 Å². The van der Waals surface area contributed by atoms with Crippen LogP contribution in [0, 0.1) is 0 Å². The van der Waals surface area contributed by atoms with E-state index in [4.69, 9.17) is 0 Å². The van der Waals surface area contributed by atoms with Gasteiger partial charge in [0.05, 0.1) is 0 Å². The van der Waals surface area contributed by atoms with Gasteiger partial charge in [0.25, 0.3) is 0 Å². The fraction of sp³-hybridized carbons (Fsp3) is 0.400. The van der Waals surface area contributed by atoms with Gasteiger partial charge in [-0.25, -0.2) is 0 Å². The minimum atomic E-state index is -0.436. The minimum absolute atomic E-state index is 0.0960. The molecule has 1 aromatic rings. The van der Waals surface area contributed by atoms with E-state index in [1.165, 1.54) is 11.3 Å². The van der Waals surface area contributed by atoms with Crippen LogP contribution in [0.25, 0.3) is 0 Å². The number of carbonyl (C=O) groups excluding carboxylic acids is 2. The topological polar surface area (TPSA) is 34.1 Å². The number of carbonyl (C=O) groups is 2. The van der Waals surface area contributed by atoms with Gasteiger partial charge in [-0.1, -0.05) is 6.07 Å². The molecule has 0 radical (unpaired) electrons. The van der Waals surface area contributed by atoms with Crippen molar-refractivity contribution in [1.29, 1.82) is 0 Å². The van der Waals surface area contributed by atoms with Crippen LogP contribution in [0.4, 0.5) is 0 Å². The van der Waals surface area contributed by atoms with Crippen molar-refractivity contribution in [3.8, 4) is 0 Å². The van der Waals surface area contributed by atoms with Crippen molar-refractivity contribution in [2.75, 3.05) is 0 Å². The number of ketones is 2. The molecule has 0 atom stereocenters. The van der Waals surface area contributed by atoms with Crippen LogP contribution in [-0.2, 0) is 9.59 Å². The Morgan fingerprint density at radius 2 is 1.92 bits per heavy atom. The first-order chi connectivity index (χ1) is 6.29. The molecule has 0 unspecified atom stereocenters. The Morgan fingerprint density at radius 3 is 2.46 bits per heavy atom. The van der Waals surface area contributed by atoms with E-state index in [2.05, 4.69) is 0 Å². The van der Waals surface area contributed by atoms with Crippen molar-refractivity contribution in [3.63, 3.8) is 0 Å². The van der Waals surface area contributed by atoms with E-state index < -0.39 is 5.92 Å². The van der Waals surface area contributed by atoms with Gasteiger partial charge < -0.3 is 0 Å². The molecule has 1 aliphatic carbocycles. The van der Waals surface area contributed by atoms with Gasteiger partial charge in [-0.05, 0) is 17.9 Å². The SMILES string of the molecule is O=C1CCCC(=O)C1c1cccs1. The van der Waals surface area contributed by atoms with Gasteiger partial charge in [-0.2, -0.15) is 0 Å². The standard InChI is InChI=1S/C10H10O2S/c11-7-3-1-4-8(12)10(7)9-5-2-6-13-9/h2,5-6,10H,1,3-4H2. The first-order valence-corrected chi connectivity index (χ1v) is 5.26. The molecule has 0 N–H and O–H groups in total. The predicted octanol–water partition coefficient (Wildman–Crippen LogP) is 2.15. The fourth-order valence-electron chi connectivity index (χ4n) is 1.68. The van der Waals surface area contributed by atoms with Crippen molar-refractivity contribution in [2.24, 2.45) is 0 Å². The molecule has 1 aromatic heterocycles. The van der Waals surface area contributed by atoms with Gasteiger partial charge >= 0.3 is 0 Å². The van der Waals surface area contributed by atoms with E-state index in [1.54, 1.807) is 0 Å². The highest BCUT2D eigenvalue weighted by atomic mass is 32.1. The third kappa shape index (κ3) is 1.56. The second kappa shape index (κ2) is 3.42. The number of hydrogen-bond donors (Lipinski definition) is 0. The molecule has 0 aromatic carbocycles. The molecular formula is C10H10O2S. The zero-order valence-electron chi connectivity index (χ0n) is 7.16. The summed E-state index contributed by atoms with van der Waals surface area (Å²) in [5.41, 5.74) is 0. The maximum Gasteiger partial charge on any atom is 0.148 e. The number of thiophene rings is 1. The molecule has 1 aliphatic rings.